The average Bonchev–Trinajstić information content (AvgIpc) is 2.43. The number of nitrogens with two attached hydrogens (primary N) is 1. The van der Waals surface area contributed by atoms with Crippen LogP contribution in [0.25, 0.3) is 0 Å². The Morgan fingerprint density at radius 1 is 1.56 bits per heavy atom. The van der Waals surface area contributed by atoms with Gasteiger partial charge in [-0.1, -0.05) is 0 Å². The summed E-state index contributed by atoms with van der Waals surface area (Å²) < 4.78 is 5.13. The van der Waals surface area contributed by atoms with Crippen LogP contribution >= 0.6 is 0 Å². The molecule has 104 valence electrons. The summed E-state index contributed by atoms with van der Waals surface area (Å²) in [6, 6.07) is -0.609. The van der Waals surface area contributed by atoms with E-state index in [2.05, 4.69) is 5.32 Å². The van der Waals surface area contributed by atoms with E-state index >= 15 is 0 Å². The third-order valence-corrected chi connectivity index (χ3v) is 3.61. The number of likely N-dealkylation sites (tertiary alicyclic amines) is 1. The van der Waals surface area contributed by atoms with Crippen LogP contribution < -0.4 is 11.1 Å². The van der Waals surface area contributed by atoms with Crippen LogP contribution in [-0.2, 0) is 14.3 Å². The molecule has 1 aliphatic rings. The third-order valence-electron chi connectivity index (χ3n) is 3.61. The van der Waals surface area contributed by atoms with Gasteiger partial charge in [0.1, 0.15) is 6.04 Å². The van der Waals surface area contributed by atoms with Gasteiger partial charge in [0.2, 0.25) is 12.3 Å². The second-order valence-electron chi connectivity index (χ2n) is 4.71. The number of piperidine rings is 1. The van der Waals surface area contributed by atoms with Crippen LogP contribution in [0.15, 0.2) is 0 Å². The lowest BCUT2D eigenvalue weighted by Crippen LogP contribution is -2.54. The first-order valence-electron chi connectivity index (χ1n) is 6.35. The van der Waals surface area contributed by atoms with Crippen LogP contribution in [0.4, 0.5) is 0 Å². The van der Waals surface area contributed by atoms with E-state index in [1.54, 1.807) is 11.8 Å². The fourth-order valence-electron chi connectivity index (χ4n) is 2.20. The lowest BCUT2D eigenvalue weighted by molar-refractivity contribution is -0.139. The first-order valence-corrected chi connectivity index (χ1v) is 6.35. The summed E-state index contributed by atoms with van der Waals surface area (Å²) in [5.74, 6) is 0.429. The van der Waals surface area contributed by atoms with Gasteiger partial charge in [-0.3, -0.25) is 9.59 Å². The van der Waals surface area contributed by atoms with Crippen LogP contribution in [0, 0.1) is 5.92 Å². The Morgan fingerprint density at radius 3 is 2.61 bits per heavy atom. The zero-order valence-electron chi connectivity index (χ0n) is 11.1. The quantitative estimate of drug-likeness (QED) is 0.618. The van der Waals surface area contributed by atoms with Crippen LogP contribution in [0.2, 0.25) is 0 Å². The van der Waals surface area contributed by atoms with Crippen molar-refractivity contribution >= 4 is 12.3 Å². The molecule has 0 bridgehead atoms. The zero-order chi connectivity index (χ0) is 13.5. The fraction of sp³-hybridized carbons (Fsp3) is 0.833. The van der Waals surface area contributed by atoms with Gasteiger partial charge in [0.15, 0.2) is 0 Å². The van der Waals surface area contributed by atoms with Gasteiger partial charge in [-0.25, -0.2) is 0 Å². The summed E-state index contributed by atoms with van der Waals surface area (Å²) in [5, 5.41) is 2.53. The Bertz CT molecular complexity index is 278. The lowest BCUT2D eigenvalue weighted by atomic mass is 9.96. The molecular weight excluding hydrogens is 234 g/mol. The van der Waals surface area contributed by atoms with Gasteiger partial charge in [-0.05, 0) is 32.2 Å². The monoisotopic (exact) mass is 257 g/mol. The number of carbonyl (C=O) groups excluding carboxylic acids is 2. The van der Waals surface area contributed by atoms with Gasteiger partial charge in [0, 0.05) is 20.2 Å². The average molecular weight is 257 g/mol. The van der Waals surface area contributed by atoms with Crippen LogP contribution in [0.1, 0.15) is 19.8 Å². The molecule has 1 fully saturated rings. The van der Waals surface area contributed by atoms with E-state index < -0.39 is 6.04 Å². The van der Waals surface area contributed by atoms with Crippen molar-refractivity contribution in [2.45, 2.75) is 31.9 Å². The minimum Gasteiger partial charge on any atom is -0.379 e. The van der Waals surface area contributed by atoms with E-state index in [4.69, 9.17) is 10.5 Å². The number of rotatable bonds is 6. The zero-order valence-corrected chi connectivity index (χ0v) is 11.1. The van der Waals surface area contributed by atoms with Crippen molar-refractivity contribution in [3.63, 3.8) is 0 Å². The van der Waals surface area contributed by atoms with Crippen molar-refractivity contribution in [3.8, 4) is 0 Å². The van der Waals surface area contributed by atoms with Gasteiger partial charge < -0.3 is 20.7 Å². The van der Waals surface area contributed by atoms with E-state index in [0.717, 1.165) is 12.8 Å². The number of hydrogen-bond donors (Lipinski definition) is 2. The maximum Gasteiger partial charge on any atom is 0.247 e. The minimum absolute atomic E-state index is 0.0769. The topological polar surface area (TPSA) is 84.7 Å². The number of ether oxygens (including phenoxy) is 1. The SMILES string of the molecule is COC(C)C(NC=O)C(=O)N1CCC(CN)CC1. The second-order valence-corrected chi connectivity index (χ2v) is 4.71. The summed E-state index contributed by atoms with van der Waals surface area (Å²) in [6.07, 6.45) is 2.06. The van der Waals surface area contributed by atoms with Crippen molar-refractivity contribution in [1.29, 1.82) is 0 Å². The number of methoxy groups -OCH3 is 1. The largest absolute Gasteiger partial charge is 0.379 e. The number of nitrogens with one attached hydrogen (secondary N) is 1. The molecule has 18 heavy (non-hydrogen) atoms. The van der Waals surface area contributed by atoms with Crippen molar-refractivity contribution in [2.24, 2.45) is 11.7 Å². The Hall–Kier alpha value is -1.14. The number of hydrogen-bond acceptors (Lipinski definition) is 4. The third kappa shape index (κ3) is 3.68. The van der Waals surface area contributed by atoms with Crippen LogP contribution in [0.3, 0.4) is 0 Å². The Morgan fingerprint density at radius 2 is 2.17 bits per heavy atom. The number of amides is 2. The molecule has 0 aromatic heterocycles. The van der Waals surface area contributed by atoms with E-state index in [-0.39, 0.29) is 12.0 Å². The molecule has 0 aromatic carbocycles. The highest BCUT2D eigenvalue weighted by Crippen LogP contribution is 2.17. The molecule has 0 saturated carbocycles. The van der Waals surface area contributed by atoms with E-state index in [0.29, 0.717) is 32.0 Å². The van der Waals surface area contributed by atoms with Crippen LogP contribution in [0.5, 0.6) is 0 Å². The summed E-state index contributed by atoms with van der Waals surface area (Å²) in [5.41, 5.74) is 5.62. The summed E-state index contributed by atoms with van der Waals surface area (Å²) in [4.78, 5) is 24.6. The van der Waals surface area contributed by atoms with Gasteiger partial charge in [0.05, 0.1) is 6.10 Å². The molecule has 0 aromatic rings. The maximum atomic E-state index is 12.3. The highest BCUT2D eigenvalue weighted by molar-refractivity contribution is 5.84. The van der Waals surface area contributed by atoms with E-state index in [1.807, 2.05) is 0 Å². The molecule has 1 aliphatic heterocycles. The molecule has 0 radical (unpaired) electrons. The van der Waals surface area contributed by atoms with Crippen molar-refractivity contribution in [3.05, 3.63) is 0 Å². The highest BCUT2D eigenvalue weighted by atomic mass is 16.5. The van der Waals surface area contributed by atoms with Crippen molar-refractivity contribution in [2.75, 3.05) is 26.7 Å². The fourth-order valence-corrected chi connectivity index (χ4v) is 2.20. The number of nitrogens with zero attached hydrogens (tertiary/aromatic N) is 1. The van der Waals surface area contributed by atoms with Gasteiger partial charge in [0.25, 0.3) is 0 Å². The second kappa shape index (κ2) is 7.33. The molecule has 1 saturated heterocycles. The lowest BCUT2D eigenvalue weighted by Gasteiger charge is -2.34. The number of carbonyl (C=O) groups is 2. The molecule has 2 amide bonds. The summed E-state index contributed by atoms with van der Waals surface area (Å²) >= 11 is 0. The molecule has 0 aliphatic carbocycles. The first-order chi connectivity index (χ1) is 8.63. The highest BCUT2D eigenvalue weighted by Gasteiger charge is 2.31. The smallest absolute Gasteiger partial charge is 0.247 e. The van der Waals surface area contributed by atoms with Gasteiger partial charge >= 0.3 is 0 Å². The van der Waals surface area contributed by atoms with E-state index in [1.165, 1.54) is 7.11 Å². The molecule has 2 unspecified atom stereocenters. The predicted molar refractivity (Wildman–Crippen MR) is 67.8 cm³/mol. The molecule has 2 atom stereocenters. The molecule has 0 spiro atoms. The summed E-state index contributed by atoms with van der Waals surface area (Å²) in [7, 11) is 1.53. The first kappa shape index (κ1) is 14.9. The maximum absolute atomic E-state index is 12.3. The molecule has 6 nitrogen and oxygen atoms in total. The van der Waals surface area contributed by atoms with Crippen molar-refractivity contribution < 1.29 is 14.3 Å². The normalized spacial score (nSPS) is 20.3. The Balaban J connectivity index is 2.58. The Labute approximate surface area is 108 Å². The van der Waals surface area contributed by atoms with E-state index in [9.17, 15) is 9.59 Å². The van der Waals surface area contributed by atoms with Gasteiger partial charge in [-0.2, -0.15) is 0 Å². The summed E-state index contributed by atoms with van der Waals surface area (Å²) in [6.45, 7) is 3.85. The standard InChI is InChI=1S/C12H23N3O3/c1-9(18-2)11(14-8-16)12(17)15-5-3-10(7-13)4-6-15/h8-11H,3-7,13H2,1-2H3,(H,14,16). The predicted octanol–water partition coefficient (Wildman–Crippen LogP) is -0.667. The molecule has 3 N–H and O–H groups in total. The molecule has 6 heteroatoms. The minimum atomic E-state index is -0.609. The molecule has 1 rings (SSSR count). The molecule has 1 heterocycles. The van der Waals surface area contributed by atoms with Gasteiger partial charge in [-0.15, -0.1) is 0 Å². The van der Waals surface area contributed by atoms with Crippen LogP contribution in [-0.4, -0.2) is 56.1 Å². The van der Waals surface area contributed by atoms with Crippen molar-refractivity contribution in [1.82, 2.24) is 10.2 Å². The Kier molecular flexibility index (Phi) is 6.07. The molecular formula is C12H23N3O3.